The molecule has 3 nitrogen and oxygen atoms in total. The fourth-order valence-electron chi connectivity index (χ4n) is 2.06. The lowest BCUT2D eigenvalue weighted by molar-refractivity contribution is -0.138. The molecule has 0 aromatic carbocycles. The van der Waals surface area contributed by atoms with Crippen LogP contribution in [0.5, 0.6) is 0 Å². The smallest absolute Gasteiger partial charge is 0.313 e. The average molecular weight is 281 g/mol. The molecule has 0 radical (unpaired) electrons. The number of aromatic nitrogens is 2. The van der Waals surface area contributed by atoms with Gasteiger partial charge < -0.3 is 5.32 Å². The lowest BCUT2D eigenvalue weighted by atomic mass is 9.97. The van der Waals surface area contributed by atoms with Crippen LogP contribution in [-0.4, -0.2) is 17.0 Å². The van der Waals surface area contributed by atoms with Crippen LogP contribution in [0.2, 0.25) is 0 Å². The van der Waals surface area contributed by atoms with Crippen molar-refractivity contribution in [3.8, 4) is 0 Å². The third-order valence-electron chi connectivity index (χ3n) is 3.04. The molecule has 0 spiro atoms. The maximum atomic E-state index is 13.0. The molecule has 0 fully saturated rings. The van der Waals surface area contributed by atoms with Gasteiger partial charge in [0.1, 0.15) is 0 Å². The second-order valence-corrected chi connectivity index (χ2v) is 4.37. The fraction of sp³-hybridized carbons (Fsp3) is 0.286. The molecule has 0 amide bonds. The first-order valence-corrected chi connectivity index (χ1v) is 6.09. The Morgan fingerprint density at radius 3 is 2.50 bits per heavy atom. The molecule has 0 aliphatic heterocycles. The van der Waals surface area contributed by atoms with Gasteiger partial charge in [-0.3, -0.25) is 9.97 Å². The van der Waals surface area contributed by atoms with Crippen LogP contribution in [0, 0.1) is 0 Å². The van der Waals surface area contributed by atoms with Crippen LogP contribution in [0.3, 0.4) is 0 Å². The van der Waals surface area contributed by atoms with Gasteiger partial charge in [-0.1, -0.05) is 6.07 Å². The molecular weight excluding hydrogens is 267 g/mol. The van der Waals surface area contributed by atoms with E-state index in [0.29, 0.717) is 6.42 Å². The highest BCUT2D eigenvalue weighted by Gasteiger charge is 2.35. The number of nitrogens with one attached hydrogen (secondary N) is 1. The van der Waals surface area contributed by atoms with Gasteiger partial charge in [0.15, 0.2) is 0 Å². The molecule has 0 aliphatic carbocycles. The Bertz CT molecular complexity index is 555. The van der Waals surface area contributed by atoms with Crippen molar-refractivity contribution in [2.24, 2.45) is 0 Å². The second-order valence-electron chi connectivity index (χ2n) is 4.37. The predicted octanol–water partition coefficient (Wildman–Crippen LogP) is 3.00. The second kappa shape index (κ2) is 6.00. The summed E-state index contributed by atoms with van der Waals surface area (Å²) in [5.74, 6) is 0. The van der Waals surface area contributed by atoms with Crippen molar-refractivity contribution in [3.05, 3.63) is 59.7 Å². The van der Waals surface area contributed by atoms with Crippen LogP contribution >= 0.6 is 0 Å². The van der Waals surface area contributed by atoms with Crippen LogP contribution in [0.1, 0.15) is 22.7 Å². The van der Waals surface area contributed by atoms with E-state index in [1.54, 1.807) is 25.5 Å². The zero-order valence-electron chi connectivity index (χ0n) is 10.9. The summed E-state index contributed by atoms with van der Waals surface area (Å²) in [5.41, 5.74) is 0.353. The number of rotatable bonds is 4. The predicted molar refractivity (Wildman–Crippen MR) is 69.0 cm³/mol. The number of hydrogen-bond acceptors (Lipinski definition) is 3. The van der Waals surface area contributed by atoms with Crippen molar-refractivity contribution in [1.82, 2.24) is 15.3 Å². The van der Waals surface area contributed by atoms with Gasteiger partial charge >= 0.3 is 6.18 Å². The largest absolute Gasteiger partial charge is 0.416 e. The van der Waals surface area contributed by atoms with E-state index in [9.17, 15) is 13.2 Å². The molecule has 106 valence electrons. The number of likely N-dealkylation sites (N-methyl/N-ethyl adjacent to an activating group) is 1. The van der Waals surface area contributed by atoms with Crippen LogP contribution in [-0.2, 0) is 12.6 Å². The molecule has 0 saturated heterocycles. The molecule has 1 atom stereocenters. The highest BCUT2D eigenvalue weighted by Crippen LogP contribution is 2.34. The maximum absolute atomic E-state index is 13.0. The van der Waals surface area contributed by atoms with Crippen molar-refractivity contribution in [1.29, 1.82) is 0 Å². The van der Waals surface area contributed by atoms with Gasteiger partial charge in [-0.05, 0) is 36.7 Å². The van der Waals surface area contributed by atoms with E-state index in [-0.39, 0.29) is 5.56 Å². The van der Waals surface area contributed by atoms with Gasteiger partial charge in [0.2, 0.25) is 0 Å². The van der Waals surface area contributed by atoms with E-state index < -0.39 is 17.8 Å². The molecule has 2 aromatic rings. The molecule has 0 aliphatic rings. The maximum Gasteiger partial charge on any atom is 0.416 e. The Labute approximate surface area is 114 Å². The van der Waals surface area contributed by atoms with Crippen molar-refractivity contribution >= 4 is 0 Å². The first kappa shape index (κ1) is 14.5. The summed E-state index contributed by atoms with van der Waals surface area (Å²) in [6.45, 7) is 0. The minimum absolute atomic E-state index is 0.145. The van der Waals surface area contributed by atoms with E-state index in [1.165, 1.54) is 6.20 Å². The Morgan fingerprint density at radius 2 is 1.90 bits per heavy atom. The summed E-state index contributed by atoms with van der Waals surface area (Å²) in [4.78, 5) is 7.78. The minimum Gasteiger partial charge on any atom is -0.313 e. The summed E-state index contributed by atoms with van der Waals surface area (Å²) in [6, 6.07) is 4.13. The molecule has 2 heterocycles. The Balaban J connectivity index is 2.33. The number of pyridine rings is 2. The summed E-state index contributed by atoms with van der Waals surface area (Å²) in [5, 5.41) is 2.91. The van der Waals surface area contributed by atoms with Crippen molar-refractivity contribution < 1.29 is 13.2 Å². The molecule has 1 N–H and O–H groups in total. The van der Waals surface area contributed by atoms with Gasteiger partial charge in [0.05, 0.1) is 5.56 Å². The Hall–Kier alpha value is -1.95. The van der Waals surface area contributed by atoms with E-state index >= 15 is 0 Å². The van der Waals surface area contributed by atoms with Crippen LogP contribution < -0.4 is 5.32 Å². The van der Waals surface area contributed by atoms with Gasteiger partial charge in [-0.15, -0.1) is 0 Å². The molecule has 0 bridgehead atoms. The number of halogens is 3. The van der Waals surface area contributed by atoms with Crippen molar-refractivity contribution in [3.63, 3.8) is 0 Å². The molecular formula is C14H14F3N3. The number of nitrogens with zero attached hydrogens (tertiary/aromatic N) is 2. The monoisotopic (exact) mass is 281 g/mol. The number of alkyl halides is 3. The van der Waals surface area contributed by atoms with Gasteiger partial charge in [0, 0.05) is 30.8 Å². The third kappa shape index (κ3) is 3.33. The zero-order chi connectivity index (χ0) is 14.6. The Kier molecular flexibility index (Phi) is 4.34. The highest BCUT2D eigenvalue weighted by molar-refractivity contribution is 5.30. The number of hydrogen-bond donors (Lipinski definition) is 1. The summed E-state index contributed by atoms with van der Waals surface area (Å²) in [7, 11) is 1.63. The highest BCUT2D eigenvalue weighted by atomic mass is 19.4. The van der Waals surface area contributed by atoms with Gasteiger partial charge in [-0.25, -0.2) is 0 Å². The van der Waals surface area contributed by atoms with Crippen molar-refractivity contribution in [2.75, 3.05) is 7.05 Å². The SMILES string of the molecule is CNC(Cc1cccnc1)c1cnccc1C(F)(F)F. The van der Waals surface area contributed by atoms with E-state index in [0.717, 1.165) is 17.8 Å². The summed E-state index contributed by atoms with van der Waals surface area (Å²) >= 11 is 0. The molecule has 20 heavy (non-hydrogen) atoms. The van der Waals surface area contributed by atoms with E-state index in [1.807, 2.05) is 6.07 Å². The topological polar surface area (TPSA) is 37.8 Å². The van der Waals surface area contributed by atoms with Gasteiger partial charge in [0.25, 0.3) is 0 Å². The molecule has 6 heteroatoms. The van der Waals surface area contributed by atoms with Crippen LogP contribution in [0.4, 0.5) is 13.2 Å². The normalized spacial score (nSPS) is 13.2. The first-order valence-electron chi connectivity index (χ1n) is 6.09. The van der Waals surface area contributed by atoms with Gasteiger partial charge in [-0.2, -0.15) is 13.2 Å². The van der Waals surface area contributed by atoms with E-state index in [4.69, 9.17) is 0 Å². The lowest BCUT2D eigenvalue weighted by Gasteiger charge is -2.20. The van der Waals surface area contributed by atoms with Crippen LogP contribution in [0.25, 0.3) is 0 Å². The van der Waals surface area contributed by atoms with Crippen molar-refractivity contribution in [2.45, 2.75) is 18.6 Å². The fourth-order valence-corrected chi connectivity index (χ4v) is 2.06. The summed E-state index contributed by atoms with van der Waals surface area (Å²) in [6.07, 6.45) is 1.72. The average Bonchev–Trinajstić information content (AvgIpc) is 2.45. The standard InChI is InChI=1S/C14H14F3N3/c1-18-13(7-10-3-2-5-19-8-10)11-9-20-6-4-12(11)14(15,16)17/h2-6,8-9,13,18H,7H2,1H3. The molecule has 2 aromatic heterocycles. The molecule has 2 rings (SSSR count). The summed E-state index contributed by atoms with van der Waals surface area (Å²) < 4.78 is 39.0. The minimum atomic E-state index is -4.39. The third-order valence-corrected chi connectivity index (χ3v) is 3.04. The van der Waals surface area contributed by atoms with E-state index in [2.05, 4.69) is 15.3 Å². The zero-order valence-corrected chi connectivity index (χ0v) is 10.9. The first-order chi connectivity index (χ1) is 9.52. The Morgan fingerprint density at radius 1 is 1.15 bits per heavy atom. The lowest BCUT2D eigenvalue weighted by Crippen LogP contribution is -2.23. The molecule has 0 saturated carbocycles. The van der Waals surface area contributed by atoms with Crippen LogP contribution in [0.15, 0.2) is 43.0 Å². The molecule has 1 unspecified atom stereocenters. The quantitative estimate of drug-likeness (QED) is 0.936.